The highest BCUT2D eigenvalue weighted by molar-refractivity contribution is 8.00. The highest BCUT2D eigenvalue weighted by atomic mass is 32.2. The van der Waals surface area contributed by atoms with Gasteiger partial charge in [0.2, 0.25) is 11.8 Å². The molecule has 2 fully saturated rings. The molecule has 0 saturated carbocycles. The van der Waals surface area contributed by atoms with Gasteiger partial charge in [0.1, 0.15) is 12.0 Å². The first-order chi connectivity index (χ1) is 13.8. The van der Waals surface area contributed by atoms with Gasteiger partial charge >= 0.3 is 6.18 Å². The zero-order valence-corrected chi connectivity index (χ0v) is 17.0. The number of ether oxygens (including phenoxy) is 1. The van der Waals surface area contributed by atoms with Crippen molar-refractivity contribution in [2.24, 2.45) is 0 Å². The molecule has 2 aliphatic rings. The Labute approximate surface area is 171 Å². The molecular weight excluding hydrogens is 407 g/mol. The van der Waals surface area contributed by atoms with E-state index < -0.39 is 17.1 Å². The standard InChI is InChI=1S/C19H24F3N3O3S/c1-28-12-16(26)24-8-5-23(6-9-24)7-10-25-17(27)13-29-18(25)14-3-2-4-15(11-14)19(20,21)22/h2-4,11,18H,5-10,12-13H2,1H3. The van der Waals surface area contributed by atoms with Crippen LogP contribution in [0.3, 0.4) is 0 Å². The Morgan fingerprint density at radius 1 is 1.21 bits per heavy atom. The van der Waals surface area contributed by atoms with E-state index >= 15 is 0 Å². The molecule has 2 heterocycles. The van der Waals surface area contributed by atoms with Crippen molar-refractivity contribution in [3.05, 3.63) is 35.4 Å². The maximum atomic E-state index is 13.0. The lowest BCUT2D eigenvalue weighted by Gasteiger charge is -2.36. The maximum Gasteiger partial charge on any atom is 0.416 e. The number of hydrogen-bond donors (Lipinski definition) is 0. The molecule has 1 aromatic carbocycles. The average molecular weight is 431 g/mol. The number of halogens is 3. The van der Waals surface area contributed by atoms with E-state index in [-0.39, 0.29) is 24.2 Å². The van der Waals surface area contributed by atoms with Gasteiger partial charge < -0.3 is 14.5 Å². The van der Waals surface area contributed by atoms with Crippen LogP contribution in [0.25, 0.3) is 0 Å². The second-order valence-electron chi connectivity index (χ2n) is 7.03. The van der Waals surface area contributed by atoms with Gasteiger partial charge in [-0.05, 0) is 17.7 Å². The Bertz CT molecular complexity index is 739. The number of amides is 2. The minimum absolute atomic E-state index is 0.0390. The molecule has 1 unspecified atom stereocenters. The molecule has 1 aromatic rings. The summed E-state index contributed by atoms with van der Waals surface area (Å²) in [6.07, 6.45) is -4.41. The van der Waals surface area contributed by atoms with Crippen molar-refractivity contribution < 1.29 is 27.5 Å². The SMILES string of the molecule is COCC(=O)N1CCN(CCN2C(=O)CSC2c2cccc(C(F)(F)F)c2)CC1. The van der Waals surface area contributed by atoms with E-state index in [4.69, 9.17) is 4.74 Å². The van der Waals surface area contributed by atoms with E-state index in [9.17, 15) is 22.8 Å². The summed E-state index contributed by atoms with van der Waals surface area (Å²) in [6.45, 7) is 3.71. The Morgan fingerprint density at radius 2 is 1.93 bits per heavy atom. The van der Waals surface area contributed by atoms with Crippen molar-refractivity contribution >= 4 is 23.6 Å². The van der Waals surface area contributed by atoms with Gasteiger partial charge in [-0.25, -0.2) is 0 Å². The van der Waals surface area contributed by atoms with Gasteiger partial charge in [-0.3, -0.25) is 14.5 Å². The lowest BCUT2D eigenvalue weighted by Crippen LogP contribution is -2.51. The maximum absolute atomic E-state index is 13.0. The van der Waals surface area contributed by atoms with Crippen LogP contribution in [0, 0.1) is 0 Å². The summed E-state index contributed by atoms with van der Waals surface area (Å²) < 4.78 is 44.0. The van der Waals surface area contributed by atoms with Crippen molar-refractivity contribution in [1.29, 1.82) is 0 Å². The Morgan fingerprint density at radius 3 is 2.59 bits per heavy atom. The second-order valence-corrected chi connectivity index (χ2v) is 8.10. The molecule has 0 N–H and O–H groups in total. The first kappa shape index (κ1) is 21.9. The van der Waals surface area contributed by atoms with Crippen LogP contribution in [0.2, 0.25) is 0 Å². The summed E-state index contributed by atoms with van der Waals surface area (Å²) in [5.41, 5.74) is -0.211. The summed E-state index contributed by atoms with van der Waals surface area (Å²) in [5.74, 6) is 0.162. The van der Waals surface area contributed by atoms with Crippen LogP contribution < -0.4 is 0 Å². The fourth-order valence-corrected chi connectivity index (χ4v) is 4.73. The third-order valence-electron chi connectivity index (χ3n) is 5.12. The van der Waals surface area contributed by atoms with Gasteiger partial charge in [-0.15, -0.1) is 11.8 Å². The van der Waals surface area contributed by atoms with Crippen LogP contribution >= 0.6 is 11.8 Å². The fraction of sp³-hybridized carbons (Fsp3) is 0.579. The Kier molecular flexibility index (Phi) is 7.07. The predicted octanol–water partition coefficient (Wildman–Crippen LogP) is 2.07. The first-order valence-electron chi connectivity index (χ1n) is 9.37. The monoisotopic (exact) mass is 431 g/mol. The molecule has 29 heavy (non-hydrogen) atoms. The average Bonchev–Trinajstić information content (AvgIpc) is 3.07. The number of nitrogens with zero attached hydrogens (tertiary/aromatic N) is 3. The topological polar surface area (TPSA) is 53.1 Å². The molecule has 3 rings (SSSR count). The molecule has 0 aliphatic carbocycles. The third-order valence-corrected chi connectivity index (χ3v) is 6.37. The zero-order valence-electron chi connectivity index (χ0n) is 16.2. The van der Waals surface area contributed by atoms with Crippen molar-refractivity contribution in [2.45, 2.75) is 11.6 Å². The molecule has 0 bridgehead atoms. The van der Waals surface area contributed by atoms with Gasteiger partial charge in [0, 0.05) is 46.4 Å². The summed E-state index contributed by atoms with van der Waals surface area (Å²) >= 11 is 1.35. The molecule has 0 radical (unpaired) electrons. The first-order valence-corrected chi connectivity index (χ1v) is 10.4. The van der Waals surface area contributed by atoms with E-state index in [0.29, 0.717) is 44.8 Å². The largest absolute Gasteiger partial charge is 0.416 e. The van der Waals surface area contributed by atoms with Gasteiger partial charge in [-0.2, -0.15) is 13.2 Å². The lowest BCUT2D eigenvalue weighted by molar-refractivity contribution is -0.138. The van der Waals surface area contributed by atoms with Crippen molar-refractivity contribution in [3.8, 4) is 0 Å². The quantitative estimate of drug-likeness (QED) is 0.690. The molecule has 160 valence electrons. The molecule has 1 atom stereocenters. The van der Waals surface area contributed by atoms with Crippen LogP contribution in [0.15, 0.2) is 24.3 Å². The number of carbonyl (C=O) groups excluding carboxylic acids is 2. The molecule has 10 heteroatoms. The predicted molar refractivity (Wildman–Crippen MR) is 103 cm³/mol. The Hall–Kier alpha value is -1.78. The van der Waals surface area contributed by atoms with Gasteiger partial charge in [0.15, 0.2) is 0 Å². The smallest absolute Gasteiger partial charge is 0.375 e. The highest BCUT2D eigenvalue weighted by Gasteiger charge is 2.36. The van der Waals surface area contributed by atoms with Crippen molar-refractivity contribution in [1.82, 2.24) is 14.7 Å². The normalized spacial score (nSPS) is 21.1. The van der Waals surface area contributed by atoms with Crippen LogP contribution in [0.5, 0.6) is 0 Å². The highest BCUT2D eigenvalue weighted by Crippen LogP contribution is 2.40. The summed E-state index contributed by atoms with van der Waals surface area (Å²) in [6, 6.07) is 5.19. The number of carbonyl (C=O) groups is 2. The van der Waals surface area contributed by atoms with Gasteiger partial charge in [-0.1, -0.05) is 12.1 Å². The minimum atomic E-state index is -4.41. The van der Waals surface area contributed by atoms with Gasteiger partial charge in [0.25, 0.3) is 0 Å². The number of thioether (sulfide) groups is 1. The number of rotatable bonds is 6. The molecule has 2 aliphatic heterocycles. The third kappa shape index (κ3) is 5.43. The van der Waals surface area contributed by atoms with E-state index in [1.807, 2.05) is 0 Å². The van der Waals surface area contributed by atoms with Crippen LogP contribution in [0.1, 0.15) is 16.5 Å². The molecule has 6 nitrogen and oxygen atoms in total. The second kappa shape index (κ2) is 9.36. The number of benzene rings is 1. The number of piperazine rings is 1. The van der Waals surface area contributed by atoms with Crippen molar-refractivity contribution in [3.63, 3.8) is 0 Å². The molecular formula is C19H24F3N3O3S. The summed E-state index contributed by atoms with van der Waals surface area (Å²) in [5, 5.41) is -0.408. The summed E-state index contributed by atoms with van der Waals surface area (Å²) in [4.78, 5) is 29.8. The molecule has 0 aromatic heterocycles. The van der Waals surface area contributed by atoms with E-state index in [2.05, 4.69) is 4.90 Å². The number of alkyl halides is 3. The molecule has 2 saturated heterocycles. The number of hydrogen-bond acceptors (Lipinski definition) is 5. The van der Waals surface area contributed by atoms with E-state index in [1.165, 1.54) is 24.9 Å². The summed E-state index contributed by atoms with van der Waals surface area (Å²) in [7, 11) is 1.49. The Balaban J connectivity index is 1.58. The van der Waals surface area contributed by atoms with Crippen LogP contribution in [0.4, 0.5) is 13.2 Å². The molecule has 0 spiro atoms. The van der Waals surface area contributed by atoms with Gasteiger partial charge in [0.05, 0.1) is 11.3 Å². The fourth-order valence-electron chi connectivity index (χ4n) is 3.53. The minimum Gasteiger partial charge on any atom is -0.375 e. The van der Waals surface area contributed by atoms with E-state index in [1.54, 1.807) is 15.9 Å². The zero-order chi connectivity index (χ0) is 21.0. The van der Waals surface area contributed by atoms with Crippen LogP contribution in [-0.4, -0.2) is 85.3 Å². The lowest BCUT2D eigenvalue weighted by atomic mass is 10.1. The molecule has 2 amide bonds. The van der Waals surface area contributed by atoms with E-state index in [0.717, 1.165) is 12.1 Å². The van der Waals surface area contributed by atoms with Crippen molar-refractivity contribution in [2.75, 3.05) is 58.7 Å². The number of methoxy groups -OCH3 is 1. The van der Waals surface area contributed by atoms with Crippen LogP contribution in [-0.2, 0) is 20.5 Å².